The standard InChI is InChI=1S/C13H26N2O2/c1-13(2,3)10-12(17)15-7-4-11(5-8-15)14-6-9-16/h11,14,16H,4-10H2,1-3H3. The van der Waals surface area contributed by atoms with Gasteiger partial charge in [0.25, 0.3) is 0 Å². The van der Waals surface area contributed by atoms with Crippen LogP contribution in [0.5, 0.6) is 0 Å². The van der Waals surface area contributed by atoms with E-state index in [1.165, 1.54) is 0 Å². The minimum atomic E-state index is 0.0725. The number of hydrogen-bond donors (Lipinski definition) is 2. The van der Waals surface area contributed by atoms with E-state index in [4.69, 9.17) is 5.11 Å². The van der Waals surface area contributed by atoms with Crippen molar-refractivity contribution in [2.45, 2.75) is 46.1 Å². The van der Waals surface area contributed by atoms with Crippen molar-refractivity contribution in [3.8, 4) is 0 Å². The van der Waals surface area contributed by atoms with Gasteiger partial charge in [0.1, 0.15) is 0 Å². The third kappa shape index (κ3) is 5.50. The smallest absolute Gasteiger partial charge is 0.223 e. The molecule has 4 nitrogen and oxygen atoms in total. The van der Waals surface area contributed by atoms with Crippen molar-refractivity contribution in [3.05, 3.63) is 0 Å². The van der Waals surface area contributed by atoms with Crippen molar-refractivity contribution in [1.82, 2.24) is 10.2 Å². The molecule has 4 heteroatoms. The number of amides is 1. The van der Waals surface area contributed by atoms with Crippen LogP contribution in [0, 0.1) is 5.41 Å². The molecule has 1 saturated heterocycles. The number of hydrogen-bond acceptors (Lipinski definition) is 3. The van der Waals surface area contributed by atoms with Crippen LogP contribution in [0.2, 0.25) is 0 Å². The van der Waals surface area contributed by atoms with Gasteiger partial charge >= 0.3 is 0 Å². The highest BCUT2D eigenvalue weighted by atomic mass is 16.3. The molecule has 0 unspecified atom stereocenters. The van der Waals surface area contributed by atoms with E-state index in [1.807, 2.05) is 4.90 Å². The summed E-state index contributed by atoms with van der Waals surface area (Å²) in [4.78, 5) is 14.0. The van der Waals surface area contributed by atoms with Crippen molar-refractivity contribution >= 4 is 5.91 Å². The fraction of sp³-hybridized carbons (Fsp3) is 0.923. The Morgan fingerprint density at radius 1 is 1.35 bits per heavy atom. The van der Waals surface area contributed by atoms with Gasteiger partial charge in [0, 0.05) is 32.1 Å². The molecule has 0 aromatic heterocycles. The number of aliphatic hydroxyl groups is 1. The van der Waals surface area contributed by atoms with Crippen LogP contribution in [0.3, 0.4) is 0 Å². The molecule has 2 N–H and O–H groups in total. The molecule has 1 rings (SSSR count). The zero-order chi connectivity index (χ0) is 12.9. The topological polar surface area (TPSA) is 52.6 Å². The van der Waals surface area contributed by atoms with Gasteiger partial charge in [0.15, 0.2) is 0 Å². The highest BCUT2D eigenvalue weighted by molar-refractivity contribution is 5.76. The maximum atomic E-state index is 12.0. The van der Waals surface area contributed by atoms with E-state index in [2.05, 4.69) is 26.1 Å². The van der Waals surface area contributed by atoms with Gasteiger partial charge in [-0.25, -0.2) is 0 Å². The molecule has 0 aromatic carbocycles. The fourth-order valence-electron chi connectivity index (χ4n) is 2.17. The number of carbonyl (C=O) groups is 1. The highest BCUT2D eigenvalue weighted by Gasteiger charge is 2.25. The molecule has 0 atom stereocenters. The Kier molecular flexibility index (Phi) is 5.40. The second-order valence-electron chi connectivity index (χ2n) is 6.07. The van der Waals surface area contributed by atoms with Crippen LogP contribution in [-0.4, -0.2) is 48.2 Å². The SMILES string of the molecule is CC(C)(C)CC(=O)N1CCC(NCCO)CC1. The lowest BCUT2D eigenvalue weighted by molar-refractivity contribution is -0.134. The van der Waals surface area contributed by atoms with E-state index in [0.717, 1.165) is 25.9 Å². The van der Waals surface area contributed by atoms with Crippen LogP contribution >= 0.6 is 0 Å². The monoisotopic (exact) mass is 242 g/mol. The third-order valence-electron chi connectivity index (χ3n) is 3.07. The Balaban J connectivity index is 2.29. The molecule has 1 fully saturated rings. The van der Waals surface area contributed by atoms with Crippen molar-refractivity contribution in [2.75, 3.05) is 26.2 Å². The number of piperidine rings is 1. The summed E-state index contributed by atoms with van der Waals surface area (Å²) in [5.74, 6) is 0.276. The molecule has 1 heterocycles. The van der Waals surface area contributed by atoms with Gasteiger partial charge in [-0.3, -0.25) is 4.79 Å². The van der Waals surface area contributed by atoms with Crippen LogP contribution in [0.1, 0.15) is 40.0 Å². The molecule has 100 valence electrons. The molecule has 1 aliphatic heterocycles. The first-order valence-corrected chi connectivity index (χ1v) is 6.54. The Morgan fingerprint density at radius 2 is 1.94 bits per heavy atom. The lowest BCUT2D eigenvalue weighted by atomic mass is 9.91. The van der Waals surface area contributed by atoms with Gasteiger partial charge in [0.05, 0.1) is 6.61 Å². The summed E-state index contributed by atoms with van der Waals surface area (Å²) in [6, 6.07) is 0.459. The van der Waals surface area contributed by atoms with Crippen LogP contribution in [-0.2, 0) is 4.79 Å². The number of nitrogens with zero attached hydrogens (tertiary/aromatic N) is 1. The summed E-state index contributed by atoms with van der Waals surface area (Å²) >= 11 is 0. The molecular formula is C13H26N2O2. The maximum Gasteiger partial charge on any atom is 0.223 e. The molecule has 1 amide bonds. The molecule has 0 radical (unpaired) electrons. The molecular weight excluding hydrogens is 216 g/mol. The molecule has 0 spiro atoms. The zero-order valence-electron chi connectivity index (χ0n) is 11.3. The van der Waals surface area contributed by atoms with Crippen LogP contribution in [0.4, 0.5) is 0 Å². The maximum absolute atomic E-state index is 12.0. The molecule has 0 aliphatic carbocycles. The number of nitrogens with one attached hydrogen (secondary N) is 1. The predicted molar refractivity (Wildman–Crippen MR) is 68.8 cm³/mol. The normalized spacial score (nSPS) is 18.5. The zero-order valence-corrected chi connectivity index (χ0v) is 11.3. The van der Waals surface area contributed by atoms with E-state index in [-0.39, 0.29) is 17.9 Å². The van der Waals surface area contributed by atoms with Gasteiger partial charge in [-0.2, -0.15) is 0 Å². The van der Waals surface area contributed by atoms with Crippen molar-refractivity contribution in [1.29, 1.82) is 0 Å². The van der Waals surface area contributed by atoms with Crippen LogP contribution in [0.15, 0.2) is 0 Å². The first-order valence-electron chi connectivity index (χ1n) is 6.54. The first kappa shape index (κ1) is 14.5. The molecule has 0 aromatic rings. The number of carbonyl (C=O) groups excluding carboxylic acids is 1. The first-order chi connectivity index (χ1) is 7.92. The fourth-order valence-corrected chi connectivity index (χ4v) is 2.17. The van der Waals surface area contributed by atoms with E-state index >= 15 is 0 Å². The minimum absolute atomic E-state index is 0.0725. The number of aliphatic hydroxyl groups excluding tert-OH is 1. The van der Waals surface area contributed by atoms with E-state index < -0.39 is 0 Å². The van der Waals surface area contributed by atoms with E-state index in [9.17, 15) is 4.79 Å². The predicted octanol–water partition coefficient (Wildman–Crippen LogP) is 0.995. The summed E-state index contributed by atoms with van der Waals surface area (Å²) in [5, 5.41) is 12.0. The average Bonchev–Trinajstić information content (AvgIpc) is 2.24. The Bertz CT molecular complexity index is 240. The lowest BCUT2D eigenvalue weighted by Gasteiger charge is -2.34. The molecule has 0 saturated carbocycles. The second kappa shape index (κ2) is 6.36. The van der Waals surface area contributed by atoms with Gasteiger partial charge in [-0.1, -0.05) is 20.8 Å². The van der Waals surface area contributed by atoms with E-state index in [1.54, 1.807) is 0 Å². The summed E-state index contributed by atoms with van der Waals surface area (Å²) in [7, 11) is 0. The number of likely N-dealkylation sites (tertiary alicyclic amines) is 1. The third-order valence-corrected chi connectivity index (χ3v) is 3.07. The largest absolute Gasteiger partial charge is 0.395 e. The lowest BCUT2D eigenvalue weighted by Crippen LogP contribution is -2.46. The number of rotatable bonds is 4. The Hall–Kier alpha value is -0.610. The van der Waals surface area contributed by atoms with Crippen molar-refractivity contribution in [3.63, 3.8) is 0 Å². The van der Waals surface area contributed by atoms with Gasteiger partial charge < -0.3 is 15.3 Å². The molecule has 0 bridgehead atoms. The van der Waals surface area contributed by atoms with Gasteiger partial charge in [0.2, 0.25) is 5.91 Å². The molecule has 1 aliphatic rings. The highest BCUT2D eigenvalue weighted by Crippen LogP contribution is 2.21. The van der Waals surface area contributed by atoms with Gasteiger partial charge in [-0.15, -0.1) is 0 Å². The summed E-state index contributed by atoms with van der Waals surface area (Å²) in [6.45, 7) is 8.82. The van der Waals surface area contributed by atoms with Crippen LogP contribution in [0.25, 0.3) is 0 Å². The van der Waals surface area contributed by atoms with Crippen molar-refractivity contribution in [2.24, 2.45) is 5.41 Å². The van der Waals surface area contributed by atoms with E-state index in [0.29, 0.717) is 19.0 Å². The van der Waals surface area contributed by atoms with Crippen molar-refractivity contribution < 1.29 is 9.90 Å². The quantitative estimate of drug-likeness (QED) is 0.773. The Labute approximate surface area is 104 Å². The summed E-state index contributed by atoms with van der Waals surface area (Å²) < 4.78 is 0. The molecule has 17 heavy (non-hydrogen) atoms. The second-order valence-corrected chi connectivity index (χ2v) is 6.07. The van der Waals surface area contributed by atoms with Crippen LogP contribution < -0.4 is 5.32 Å². The minimum Gasteiger partial charge on any atom is -0.395 e. The summed E-state index contributed by atoms with van der Waals surface area (Å²) in [5.41, 5.74) is 0.0725. The van der Waals surface area contributed by atoms with Gasteiger partial charge in [-0.05, 0) is 18.3 Å². The summed E-state index contributed by atoms with van der Waals surface area (Å²) in [6.07, 6.45) is 2.62. The average molecular weight is 242 g/mol. The Morgan fingerprint density at radius 3 is 2.41 bits per heavy atom.